The Morgan fingerprint density at radius 2 is 1.69 bits per heavy atom. The molecule has 1 heterocycles. The van der Waals surface area contributed by atoms with Crippen LogP contribution in [0.2, 0.25) is 0 Å². The van der Waals surface area contributed by atoms with Crippen molar-refractivity contribution in [3.8, 4) is 11.6 Å². The second kappa shape index (κ2) is 15.8. The normalized spacial score (nSPS) is 15.3. The van der Waals surface area contributed by atoms with Crippen LogP contribution in [0.5, 0.6) is 11.6 Å². The number of aromatic nitrogens is 2. The Bertz CT molecular complexity index is 1700. The van der Waals surface area contributed by atoms with Crippen molar-refractivity contribution >= 4 is 41.0 Å². The Kier molecular flexibility index (Phi) is 11.8. The minimum atomic E-state index is -4.31. The van der Waals surface area contributed by atoms with Gasteiger partial charge in [0.15, 0.2) is 5.60 Å². The molecular formula is C30H33BN4O12S. The Morgan fingerprint density at radius 3 is 2.27 bits per heavy atom. The minimum absolute atomic E-state index is 0.0403. The summed E-state index contributed by atoms with van der Waals surface area (Å²) in [5, 5.41) is 41.7. The number of ether oxygens (including phenoxy) is 1. The third kappa shape index (κ3) is 10.6. The standard InChI is InChI=1S/C30H33BN4O12S/c36-26(37)16-30(42,29(40)41)17-27(38)47-31(43)24(15-20-6-7-20)34-28(39)23(14-19-4-2-1-3-5-19)35-48(44,45)22-10-8-21(9-11-22)46-25-18-32-12-13-33-25/h1-5,8-13,18,20,23-24,35,42-43H,6-7,14-17H2,(H,34,39)(H,36,37)(H,40,41)/t23-,24-,30?/m0/s1. The van der Waals surface area contributed by atoms with Crippen molar-refractivity contribution in [2.45, 2.75) is 61.0 Å². The summed E-state index contributed by atoms with van der Waals surface area (Å²) in [4.78, 5) is 56.3. The van der Waals surface area contributed by atoms with E-state index in [4.69, 9.17) is 14.5 Å². The number of rotatable bonds is 18. The van der Waals surface area contributed by atoms with E-state index < -0.39 is 71.4 Å². The van der Waals surface area contributed by atoms with E-state index >= 15 is 0 Å². The molecule has 2 aromatic carbocycles. The molecule has 0 saturated heterocycles. The van der Waals surface area contributed by atoms with Gasteiger partial charge in [0, 0.05) is 12.4 Å². The third-order valence-electron chi connectivity index (χ3n) is 7.28. The number of amides is 1. The van der Waals surface area contributed by atoms with Crippen LogP contribution in [-0.4, -0.2) is 87.2 Å². The van der Waals surface area contributed by atoms with E-state index in [1.54, 1.807) is 30.3 Å². The number of nitrogens with zero attached hydrogens (tertiary/aromatic N) is 2. The van der Waals surface area contributed by atoms with Gasteiger partial charge >= 0.3 is 19.1 Å². The highest BCUT2D eigenvalue weighted by Gasteiger charge is 2.44. The lowest BCUT2D eigenvalue weighted by Crippen LogP contribution is -2.56. The first-order valence-corrected chi connectivity index (χ1v) is 16.2. The SMILES string of the molecule is O=C(O)CC(O)(CC(=O)OB(O)[C@H](CC1CC1)NC(=O)[C@H](Cc1ccccc1)NS(=O)(=O)c1ccc(Oc2cnccn2)cc1)C(=O)O. The van der Waals surface area contributed by atoms with Gasteiger partial charge in [-0.2, -0.15) is 4.72 Å². The van der Waals surface area contributed by atoms with Crippen LogP contribution in [0.1, 0.15) is 37.7 Å². The molecule has 1 aliphatic rings. The molecule has 6 N–H and O–H groups in total. The maximum Gasteiger partial charge on any atom is 0.548 e. The first-order valence-electron chi connectivity index (χ1n) is 14.7. The largest absolute Gasteiger partial charge is 0.548 e. The molecule has 0 spiro atoms. The number of nitrogens with one attached hydrogen (secondary N) is 2. The van der Waals surface area contributed by atoms with E-state index in [0.29, 0.717) is 5.56 Å². The number of carboxylic acid groups (broad SMARTS) is 2. The number of benzene rings is 2. The first kappa shape index (κ1) is 35.9. The molecule has 1 aromatic heterocycles. The summed E-state index contributed by atoms with van der Waals surface area (Å²) in [5.74, 6) is -6.71. The van der Waals surface area contributed by atoms with Crippen molar-refractivity contribution in [2.24, 2.45) is 5.92 Å². The molecule has 18 heteroatoms. The fourth-order valence-electron chi connectivity index (χ4n) is 4.64. The van der Waals surface area contributed by atoms with Crippen LogP contribution in [0.4, 0.5) is 0 Å². The molecule has 0 bridgehead atoms. The molecule has 3 atom stereocenters. The van der Waals surface area contributed by atoms with Gasteiger partial charge in [0.1, 0.15) is 11.8 Å². The van der Waals surface area contributed by atoms with Gasteiger partial charge in [0.25, 0.3) is 5.97 Å². The summed E-state index contributed by atoms with van der Waals surface area (Å²) in [6, 6.07) is 12.4. The number of carboxylic acids is 2. The fourth-order valence-corrected chi connectivity index (χ4v) is 5.84. The topological polar surface area (TPSA) is 252 Å². The number of carbonyl (C=O) groups is 4. The number of aliphatic carboxylic acids is 2. The molecule has 1 fully saturated rings. The van der Waals surface area contributed by atoms with E-state index in [9.17, 15) is 42.8 Å². The van der Waals surface area contributed by atoms with E-state index in [1.165, 1.54) is 42.9 Å². The summed E-state index contributed by atoms with van der Waals surface area (Å²) in [5.41, 5.74) is -2.40. The number of sulfonamides is 1. The molecule has 1 amide bonds. The molecule has 254 valence electrons. The van der Waals surface area contributed by atoms with E-state index in [0.717, 1.165) is 12.8 Å². The van der Waals surface area contributed by atoms with Gasteiger partial charge in [-0.25, -0.2) is 18.2 Å². The predicted molar refractivity (Wildman–Crippen MR) is 166 cm³/mol. The molecule has 16 nitrogen and oxygen atoms in total. The lowest BCUT2D eigenvalue weighted by molar-refractivity contribution is -0.170. The number of aliphatic hydroxyl groups is 1. The monoisotopic (exact) mass is 684 g/mol. The maximum atomic E-state index is 13.7. The Hall–Kier alpha value is -4.91. The Balaban J connectivity index is 1.50. The van der Waals surface area contributed by atoms with Crippen molar-refractivity contribution in [3.05, 3.63) is 78.8 Å². The summed E-state index contributed by atoms with van der Waals surface area (Å²) in [7, 11) is -6.35. The number of carbonyl (C=O) groups excluding carboxylic acids is 2. The molecule has 0 aliphatic heterocycles. The van der Waals surface area contributed by atoms with Crippen molar-refractivity contribution in [1.82, 2.24) is 20.0 Å². The predicted octanol–water partition coefficient (Wildman–Crippen LogP) is 0.687. The van der Waals surface area contributed by atoms with Gasteiger partial charge in [-0.05, 0) is 48.6 Å². The van der Waals surface area contributed by atoms with Crippen LogP contribution in [0, 0.1) is 5.92 Å². The molecule has 1 unspecified atom stereocenters. The summed E-state index contributed by atoms with van der Waals surface area (Å²) in [6.45, 7) is 0. The molecular weight excluding hydrogens is 651 g/mol. The zero-order valence-corrected chi connectivity index (χ0v) is 26.2. The van der Waals surface area contributed by atoms with Gasteiger partial charge in [-0.1, -0.05) is 43.2 Å². The van der Waals surface area contributed by atoms with Gasteiger partial charge in [-0.15, -0.1) is 0 Å². The molecule has 3 aromatic rings. The maximum absolute atomic E-state index is 13.7. The van der Waals surface area contributed by atoms with Gasteiger partial charge in [-0.3, -0.25) is 19.4 Å². The van der Waals surface area contributed by atoms with E-state index in [2.05, 4.69) is 20.0 Å². The second-order valence-corrected chi connectivity index (χ2v) is 13.0. The summed E-state index contributed by atoms with van der Waals surface area (Å²) >= 11 is 0. The summed E-state index contributed by atoms with van der Waals surface area (Å²) in [6.07, 6.45) is 3.18. The second-order valence-electron chi connectivity index (χ2n) is 11.2. The highest BCUT2D eigenvalue weighted by Crippen LogP contribution is 2.34. The average molecular weight is 684 g/mol. The number of hydrogen-bond acceptors (Lipinski definition) is 12. The molecule has 1 saturated carbocycles. The van der Waals surface area contributed by atoms with Gasteiger partial charge in [0.05, 0.1) is 29.9 Å². The summed E-state index contributed by atoms with van der Waals surface area (Å²) < 4.78 is 39.7. The van der Waals surface area contributed by atoms with Crippen LogP contribution in [0.25, 0.3) is 0 Å². The van der Waals surface area contributed by atoms with Crippen LogP contribution >= 0.6 is 0 Å². The molecule has 1 aliphatic carbocycles. The molecule has 48 heavy (non-hydrogen) atoms. The van der Waals surface area contributed by atoms with E-state index in [-0.39, 0.29) is 35.3 Å². The Labute approximate surface area is 275 Å². The number of hydrogen-bond donors (Lipinski definition) is 6. The van der Waals surface area contributed by atoms with Crippen LogP contribution in [0.15, 0.2) is 78.1 Å². The fraction of sp³-hybridized carbons (Fsp3) is 0.333. The third-order valence-corrected chi connectivity index (χ3v) is 8.77. The van der Waals surface area contributed by atoms with Crippen molar-refractivity contribution in [2.75, 3.05) is 0 Å². The smallest absolute Gasteiger partial charge is 0.508 e. The Morgan fingerprint density at radius 1 is 1.00 bits per heavy atom. The zero-order chi connectivity index (χ0) is 34.9. The average Bonchev–Trinajstić information content (AvgIpc) is 3.85. The highest BCUT2D eigenvalue weighted by atomic mass is 32.2. The first-order chi connectivity index (χ1) is 22.7. The molecule has 4 rings (SSSR count). The lowest BCUT2D eigenvalue weighted by Gasteiger charge is -2.26. The van der Waals surface area contributed by atoms with Crippen LogP contribution in [0.3, 0.4) is 0 Å². The lowest BCUT2D eigenvalue weighted by atomic mass is 9.75. The van der Waals surface area contributed by atoms with Crippen molar-refractivity contribution in [1.29, 1.82) is 0 Å². The molecule has 0 radical (unpaired) electrons. The highest BCUT2D eigenvalue weighted by molar-refractivity contribution is 7.89. The van der Waals surface area contributed by atoms with Crippen molar-refractivity contribution < 1.29 is 57.3 Å². The quantitative estimate of drug-likeness (QED) is 0.101. The minimum Gasteiger partial charge on any atom is -0.508 e. The van der Waals surface area contributed by atoms with Gasteiger partial charge < -0.3 is 35.1 Å². The zero-order valence-electron chi connectivity index (χ0n) is 25.3. The van der Waals surface area contributed by atoms with E-state index in [1.807, 2.05) is 0 Å². The van der Waals surface area contributed by atoms with Gasteiger partial charge in [0.2, 0.25) is 21.8 Å². The van der Waals surface area contributed by atoms with Crippen LogP contribution in [-0.2, 0) is 40.3 Å². The van der Waals surface area contributed by atoms with Crippen molar-refractivity contribution in [3.63, 3.8) is 0 Å². The van der Waals surface area contributed by atoms with Crippen LogP contribution < -0.4 is 14.8 Å².